The molecule has 0 saturated carbocycles. The Hall–Kier alpha value is -2.83. The van der Waals surface area contributed by atoms with Gasteiger partial charge in [-0.15, -0.1) is 0 Å². The maximum atomic E-state index is 12.5. The summed E-state index contributed by atoms with van der Waals surface area (Å²) in [5.74, 6) is 0.570. The third-order valence-electron chi connectivity index (χ3n) is 3.04. The number of ether oxygens (including phenoxy) is 1. The van der Waals surface area contributed by atoms with Gasteiger partial charge in [-0.3, -0.25) is 9.78 Å². The summed E-state index contributed by atoms with van der Waals surface area (Å²) < 4.78 is 6.28. The second kappa shape index (κ2) is 4.93. The second-order valence-electron chi connectivity index (χ2n) is 4.55. The third-order valence-corrected chi connectivity index (χ3v) is 3.04. The summed E-state index contributed by atoms with van der Waals surface area (Å²) >= 11 is 0. The highest BCUT2D eigenvalue weighted by molar-refractivity contribution is 5.79. The topological polar surface area (TPSA) is 82.8 Å². The van der Waals surface area contributed by atoms with Crippen molar-refractivity contribution < 1.29 is 4.74 Å². The van der Waals surface area contributed by atoms with Gasteiger partial charge < -0.3 is 4.74 Å². The van der Waals surface area contributed by atoms with E-state index in [-0.39, 0.29) is 11.5 Å². The molecular weight excluding hydrogens is 270 g/mol. The molecule has 0 aliphatic heterocycles. The normalized spacial score (nSPS) is 10.8. The van der Waals surface area contributed by atoms with Crippen LogP contribution in [0.4, 0.5) is 0 Å². The molecule has 0 fully saturated rings. The van der Waals surface area contributed by atoms with E-state index >= 15 is 0 Å². The summed E-state index contributed by atoms with van der Waals surface area (Å²) in [5, 5.41) is 4.73. The third kappa shape index (κ3) is 2.22. The van der Waals surface area contributed by atoms with E-state index in [2.05, 4.69) is 20.1 Å². The van der Waals surface area contributed by atoms with Gasteiger partial charge in [0, 0.05) is 18.0 Å². The average molecular weight is 283 g/mol. The molecule has 0 unspecified atom stereocenters. The number of pyridine rings is 1. The lowest BCUT2D eigenvalue weighted by molar-refractivity contribution is 0.394. The van der Waals surface area contributed by atoms with Crippen LogP contribution in [-0.2, 0) is 0 Å². The van der Waals surface area contributed by atoms with Crippen LogP contribution in [0.2, 0.25) is 0 Å². The number of rotatable bonds is 2. The number of hydrogen-bond donors (Lipinski definition) is 0. The predicted molar refractivity (Wildman–Crippen MR) is 76.8 cm³/mol. The predicted octanol–water partition coefficient (Wildman–Crippen LogP) is 1.20. The van der Waals surface area contributed by atoms with Crippen LogP contribution in [0, 0.1) is 13.8 Å². The summed E-state index contributed by atoms with van der Waals surface area (Å²) in [5.41, 5.74) is 1.60. The molecule has 106 valence electrons. The van der Waals surface area contributed by atoms with Crippen molar-refractivity contribution >= 4 is 10.9 Å². The van der Waals surface area contributed by atoms with Crippen molar-refractivity contribution in [2.24, 2.45) is 0 Å². The number of aromatic nitrogens is 5. The van der Waals surface area contributed by atoms with Crippen LogP contribution < -0.4 is 10.3 Å². The van der Waals surface area contributed by atoms with Crippen molar-refractivity contribution in [1.82, 2.24) is 24.7 Å². The average Bonchev–Trinajstić information content (AvgIpc) is 2.50. The molecular formula is C14H13N5O2. The first kappa shape index (κ1) is 13.2. The van der Waals surface area contributed by atoms with Crippen molar-refractivity contribution in [1.29, 1.82) is 0 Å². The van der Waals surface area contributed by atoms with E-state index < -0.39 is 0 Å². The zero-order chi connectivity index (χ0) is 15.0. The number of nitrogens with zero attached hydrogens (tertiary/aromatic N) is 5. The van der Waals surface area contributed by atoms with Gasteiger partial charge in [0.1, 0.15) is 0 Å². The Balaban J connectivity index is 2.33. The zero-order valence-electron chi connectivity index (χ0n) is 11.9. The molecule has 0 radical (unpaired) electrons. The highest BCUT2D eigenvalue weighted by Gasteiger charge is 2.13. The van der Waals surface area contributed by atoms with Crippen LogP contribution in [0.1, 0.15) is 11.4 Å². The fraction of sp³-hybridized carbons (Fsp3) is 0.214. The Labute approximate surface area is 120 Å². The maximum Gasteiger partial charge on any atom is 0.283 e. The van der Waals surface area contributed by atoms with Crippen molar-refractivity contribution in [3.63, 3.8) is 0 Å². The Kier molecular flexibility index (Phi) is 3.09. The fourth-order valence-corrected chi connectivity index (χ4v) is 2.08. The summed E-state index contributed by atoms with van der Waals surface area (Å²) in [6.45, 7) is 3.59. The van der Waals surface area contributed by atoms with Crippen LogP contribution in [0.3, 0.4) is 0 Å². The first-order valence-corrected chi connectivity index (χ1v) is 6.35. The fourth-order valence-electron chi connectivity index (χ4n) is 2.08. The van der Waals surface area contributed by atoms with Gasteiger partial charge in [-0.2, -0.15) is 14.8 Å². The quantitative estimate of drug-likeness (QED) is 0.702. The number of hydrogen-bond acceptors (Lipinski definition) is 6. The van der Waals surface area contributed by atoms with Gasteiger partial charge in [0.05, 0.1) is 23.7 Å². The molecule has 3 aromatic heterocycles. The lowest BCUT2D eigenvalue weighted by Gasteiger charge is -2.08. The molecule has 0 N–H and O–H groups in total. The number of aryl methyl sites for hydroxylation is 2. The first-order valence-electron chi connectivity index (χ1n) is 6.35. The Morgan fingerprint density at radius 2 is 2.05 bits per heavy atom. The van der Waals surface area contributed by atoms with Gasteiger partial charge in [-0.25, -0.2) is 4.98 Å². The van der Waals surface area contributed by atoms with E-state index in [1.165, 1.54) is 11.8 Å². The SMILES string of the molecule is COc1cc(C)nc(-n2nc(C)c3ncccc3c2=O)n1. The van der Waals surface area contributed by atoms with E-state index in [4.69, 9.17) is 4.74 Å². The molecule has 3 rings (SSSR count). The first-order chi connectivity index (χ1) is 10.1. The summed E-state index contributed by atoms with van der Waals surface area (Å²) in [6.07, 6.45) is 1.63. The van der Waals surface area contributed by atoms with E-state index in [0.29, 0.717) is 28.2 Å². The van der Waals surface area contributed by atoms with Crippen LogP contribution >= 0.6 is 0 Å². The van der Waals surface area contributed by atoms with E-state index in [9.17, 15) is 4.79 Å². The standard InChI is InChI=1S/C14H13N5O2/c1-8-7-11(21-3)17-14(16-8)19-13(20)10-5-4-6-15-12(10)9(2)18-19/h4-7H,1-3H3. The lowest BCUT2D eigenvalue weighted by Crippen LogP contribution is -2.25. The summed E-state index contributed by atoms with van der Waals surface area (Å²) in [7, 11) is 1.51. The highest BCUT2D eigenvalue weighted by atomic mass is 16.5. The van der Waals surface area contributed by atoms with Crippen LogP contribution in [-0.4, -0.2) is 31.8 Å². The van der Waals surface area contributed by atoms with Gasteiger partial charge >= 0.3 is 0 Å². The molecule has 0 spiro atoms. The van der Waals surface area contributed by atoms with Crippen molar-refractivity contribution in [3.05, 3.63) is 46.1 Å². The lowest BCUT2D eigenvalue weighted by atomic mass is 10.2. The van der Waals surface area contributed by atoms with Crippen LogP contribution in [0.15, 0.2) is 29.2 Å². The number of methoxy groups -OCH3 is 1. The van der Waals surface area contributed by atoms with Crippen molar-refractivity contribution in [2.75, 3.05) is 7.11 Å². The molecule has 0 aliphatic carbocycles. The molecule has 7 nitrogen and oxygen atoms in total. The van der Waals surface area contributed by atoms with E-state index in [0.717, 1.165) is 0 Å². The van der Waals surface area contributed by atoms with Crippen LogP contribution in [0.5, 0.6) is 5.88 Å². The van der Waals surface area contributed by atoms with E-state index in [1.807, 2.05) is 0 Å². The summed E-state index contributed by atoms with van der Waals surface area (Å²) in [4.78, 5) is 25.1. The zero-order valence-corrected chi connectivity index (χ0v) is 11.9. The second-order valence-corrected chi connectivity index (χ2v) is 4.55. The molecule has 0 amide bonds. The Morgan fingerprint density at radius 1 is 1.24 bits per heavy atom. The molecule has 3 heterocycles. The molecule has 0 bridgehead atoms. The molecule has 0 atom stereocenters. The largest absolute Gasteiger partial charge is 0.481 e. The van der Waals surface area contributed by atoms with Crippen molar-refractivity contribution in [2.45, 2.75) is 13.8 Å². The minimum Gasteiger partial charge on any atom is -0.481 e. The summed E-state index contributed by atoms with van der Waals surface area (Å²) in [6, 6.07) is 5.11. The van der Waals surface area contributed by atoms with Gasteiger partial charge in [-0.1, -0.05) is 0 Å². The maximum absolute atomic E-state index is 12.5. The van der Waals surface area contributed by atoms with Gasteiger partial charge in [0.2, 0.25) is 5.88 Å². The molecule has 21 heavy (non-hydrogen) atoms. The molecule has 0 aliphatic rings. The van der Waals surface area contributed by atoms with Crippen molar-refractivity contribution in [3.8, 4) is 11.8 Å². The van der Waals surface area contributed by atoms with Gasteiger partial charge in [0.15, 0.2) is 0 Å². The van der Waals surface area contributed by atoms with Gasteiger partial charge in [-0.05, 0) is 26.0 Å². The molecule has 7 heteroatoms. The number of fused-ring (bicyclic) bond motifs is 1. The molecule has 3 aromatic rings. The molecule has 0 aromatic carbocycles. The molecule has 0 saturated heterocycles. The van der Waals surface area contributed by atoms with Crippen LogP contribution in [0.25, 0.3) is 16.9 Å². The Bertz CT molecular complexity index is 888. The smallest absolute Gasteiger partial charge is 0.283 e. The highest BCUT2D eigenvalue weighted by Crippen LogP contribution is 2.12. The Morgan fingerprint density at radius 3 is 2.81 bits per heavy atom. The van der Waals surface area contributed by atoms with Gasteiger partial charge in [0.25, 0.3) is 11.5 Å². The minimum atomic E-state index is -0.309. The monoisotopic (exact) mass is 283 g/mol. The van der Waals surface area contributed by atoms with E-state index in [1.54, 1.807) is 38.2 Å². The minimum absolute atomic E-state index is 0.186.